The summed E-state index contributed by atoms with van der Waals surface area (Å²) >= 11 is 0. The average Bonchev–Trinajstić information content (AvgIpc) is 2.39. The maximum atomic E-state index is 12.1. The van der Waals surface area contributed by atoms with E-state index in [2.05, 4.69) is 4.98 Å². The third-order valence-corrected chi connectivity index (χ3v) is 2.64. The van der Waals surface area contributed by atoms with Crippen molar-refractivity contribution in [2.24, 2.45) is 5.73 Å². The maximum Gasteiger partial charge on any atom is 0.185 e. The molecule has 0 spiro atoms. The summed E-state index contributed by atoms with van der Waals surface area (Å²) in [5, 5.41) is 0. The number of nitrogens with zero attached hydrogens (tertiary/aromatic N) is 1. The summed E-state index contributed by atoms with van der Waals surface area (Å²) in [5.41, 5.74) is 8.18. The van der Waals surface area contributed by atoms with Crippen molar-refractivity contribution in [1.82, 2.24) is 4.98 Å². The molecule has 0 fully saturated rings. The van der Waals surface area contributed by atoms with Crippen molar-refractivity contribution in [3.8, 4) is 0 Å². The van der Waals surface area contributed by atoms with Crippen LogP contribution in [-0.2, 0) is 0 Å². The highest BCUT2D eigenvalue weighted by Gasteiger charge is 2.17. The second-order valence-corrected chi connectivity index (χ2v) is 3.94. The van der Waals surface area contributed by atoms with Crippen molar-refractivity contribution in [3.05, 3.63) is 65.5 Å². The van der Waals surface area contributed by atoms with Gasteiger partial charge in [-0.1, -0.05) is 30.3 Å². The molecule has 0 aliphatic carbocycles. The minimum absolute atomic E-state index is 0.108. The molecule has 1 unspecified atom stereocenters. The maximum absolute atomic E-state index is 12.1. The molecule has 0 amide bonds. The Balaban J connectivity index is 2.23. The smallest absolute Gasteiger partial charge is 0.185 e. The van der Waals surface area contributed by atoms with Crippen LogP contribution in [0.25, 0.3) is 0 Å². The molecule has 3 nitrogen and oxygen atoms in total. The third kappa shape index (κ3) is 2.57. The van der Waals surface area contributed by atoms with Gasteiger partial charge in [0.05, 0.1) is 6.04 Å². The van der Waals surface area contributed by atoms with Gasteiger partial charge in [0.25, 0.3) is 0 Å². The van der Waals surface area contributed by atoms with Crippen molar-refractivity contribution < 1.29 is 4.79 Å². The Bertz CT molecular complexity index is 506. The lowest BCUT2D eigenvalue weighted by Gasteiger charge is -2.10. The Hall–Kier alpha value is -2.00. The highest BCUT2D eigenvalue weighted by atomic mass is 16.1. The summed E-state index contributed by atoms with van der Waals surface area (Å²) in [4.78, 5) is 16.2. The third-order valence-electron chi connectivity index (χ3n) is 2.64. The average molecular weight is 226 g/mol. The van der Waals surface area contributed by atoms with E-state index in [0.29, 0.717) is 5.56 Å². The van der Waals surface area contributed by atoms with Gasteiger partial charge in [-0.25, -0.2) is 0 Å². The van der Waals surface area contributed by atoms with Crippen LogP contribution in [0.4, 0.5) is 0 Å². The highest BCUT2D eigenvalue weighted by Crippen LogP contribution is 2.15. The van der Waals surface area contributed by atoms with Gasteiger partial charge < -0.3 is 5.73 Å². The van der Waals surface area contributed by atoms with Gasteiger partial charge in [-0.05, 0) is 24.6 Å². The van der Waals surface area contributed by atoms with Crippen LogP contribution >= 0.6 is 0 Å². The van der Waals surface area contributed by atoms with E-state index >= 15 is 0 Å². The first-order chi connectivity index (χ1) is 8.18. The number of rotatable bonds is 3. The molecule has 2 aromatic rings. The van der Waals surface area contributed by atoms with Gasteiger partial charge in [-0.3, -0.25) is 9.78 Å². The first-order valence-electron chi connectivity index (χ1n) is 5.46. The first kappa shape index (κ1) is 11.5. The van der Waals surface area contributed by atoms with Gasteiger partial charge >= 0.3 is 0 Å². The number of ketones is 1. The number of aromatic nitrogens is 1. The van der Waals surface area contributed by atoms with Crippen LogP contribution < -0.4 is 5.73 Å². The fourth-order valence-corrected chi connectivity index (χ4v) is 1.60. The lowest BCUT2D eigenvalue weighted by atomic mass is 9.99. The zero-order chi connectivity index (χ0) is 12.3. The van der Waals surface area contributed by atoms with E-state index in [1.807, 2.05) is 43.3 Å². The summed E-state index contributed by atoms with van der Waals surface area (Å²) in [5.74, 6) is -0.108. The molecule has 0 saturated carbocycles. The number of hydrogen-bond donors (Lipinski definition) is 1. The van der Waals surface area contributed by atoms with Crippen molar-refractivity contribution >= 4 is 5.78 Å². The number of carbonyl (C=O) groups excluding carboxylic acids is 1. The molecule has 86 valence electrons. The molecule has 0 aliphatic rings. The highest BCUT2D eigenvalue weighted by molar-refractivity contribution is 6.00. The number of carbonyl (C=O) groups is 1. The predicted octanol–water partition coefficient (Wildman–Crippen LogP) is 2.27. The Morgan fingerprint density at radius 3 is 2.47 bits per heavy atom. The minimum atomic E-state index is -0.624. The number of hydrogen-bond acceptors (Lipinski definition) is 3. The van der Waals surface area contributed by atoms with Crippen molar-refractivity contribution in [2.45, 2.75) is 13.0 Å². The normalized spacial score (nSPS) is 12.1. The van der Waals surface area contributed by atoms with Crippen molar-refractivity contribution in [2.75, 3.05) is 0 Å². The molecule has 1 aromatic heterocycles. The van der Waals surface area contributed by atoms with Gasteiger partial charge in [0.2, 0.25) is 0 Å². The van der Waals surface area contributed by atoms with Gasteiger partial charge in [-0.2, -0.15) is 0 Å². The molecule has 2 N–H and O–H groups in total. The number of aryl methyl sites for hydroxylation is 1. The fourth-order valence-electron chi connectivity index (χ4n) is 1.60. The molecule has 2 rings (SSSR count). The van der Waals surface area contributed by atoms with Crippen molar-refractivity contribution in [3.63, 3.8) is 0 Å². The summed E-state index contributed by atoms with van der Waals surface area (Å²) in [6, 6.07) is 12.3. The van der Waals surface area contributed by atoms with Crippen LogP contribution in [0.2, 0.25) is 0 Å². The number of pyridine rings is 1. The molecule has 0 aliphatic heterocycles. The number of Topliss-reactive ketones (excluding diaryl/α,β-unsaturated/α-hetero) is 1. The summed E-state index contributed by atoms with van der Waals surface area (Å²) in [7, 11) is 0. The van der Waals surface area contributed by atoms with Gasteiger partial charge in [0.15, 0.2) is 5.78 Å². The van der Waals surface area contributed by atoms with Gasteiger partial charge in [0, 0.05) is 17.5 Å². The lowest BCUT2D eigenvalue weighted by molar-refractivity contribution is 0.0961. The van der Waals surface area contributed by atoms with Crippen LogP contribution in [0, 0.1) is 6.92 Å². The summed E-state index contributed by atoms with van der Waals surface area (Å²) in [6.45, 7) is 1.88. The van der Waals surface area contributed by atoms with E-state index in [1.54, 1.807) is 12.3 Å². The van der Waals surface area contributed by atoms with Gasteiger partial charge in [-0.15, -0.1) is 0 Å². The van der Waals surface area contributed by atoms with E-state index < -0.39 is 6.04 Å². The van der Waals surface area contributed by atoms with Crippen LogP contribution in [0.5, 0.6) is 0 Å². The zero-order valence-corrected chi connectivity index (χ0v) is 9.63. The number of benzene rings is 1. The molecule has 1 heterocycles. The summed E-state index contributed by atoms with van der Waals surface area (Å²) < 4.78 is 0. The second-order valence-electron chi connectivity index (χ2n) is 3.94. The van der Waals surface area contributed by atoms with Gasteiger partial charge in [0.1, 0.15) is 0 Å². The van der Waals surface area contributed by atoms with E-state index in [0.717, 1.165) is 11.3 Å². The zero-order valence-electron chi connectivity index (χ0n) is 9.63. The Morgan fingerprint density at radius 2 is 1.88 bits per heavy atom. The molecule has 0 radical (unpaired) electrons. The minimum Gasteiger partial charge on any atom is -0.318 e. The molecular weight excluding hydrogens is 212 g/mol. The molecule has 1 aromatic carbocycles. The fraction of sp³-hybridized carbons (Fsp3) is 0.143. The molecule has 1 atom stereocenters. The Morgan fingerprint density at radius 1 is 1.18 bits per heavy atom. The SMILES string of the molecule is Cc1ccc(C(=O)C(N)c2ccccc2)cn1. The molecule has 0 bridgehead atoms. The van der Waals surface area contributed by atoms with E-state index in [1.165, 1.54) is 0 Å². The van der Waals surface area contributed by atoms with E-state index in [-0.39, 0.29) is 5.78 Å². The molecule has 0 saturated heterocycles. The monoisotopic (exact) mass is 226 g/mol. The molecule has 17 heavy (non-hydrogen) atoms. The summed E-state index contributed by atoms with van der Waals surface area (Å²) in [6.07, 6.45) is 1.57. The molecular formula is C14H14N2O. The number of nitrogens with two attached hydrogens (primary N) is 1. The van der Waals surface area contributed by atoms with Crippen LogP contribution in [-0.4, -0.2) is 10.8 Å². The first-order valence-corrected chi connectivity index (χ1v) is 5.46. The van der Waals surface area contributed by atoms with Crippen LogP contribution in [0.3, 0.4) is 0 Å². The quantitative estimate of drug-likeness (QED) is 0.817. The largest absolute Gasteiger partial charge is 0.318 e. The van der Waals surface area contributed by atoms with E-state index in [9.17, 15) is 4.79 Å². The topological polar surface area (TPSA) is 56.0 Å². The lowest BCUT2D eigenvalue weighted by Crippen LogP contribution is -2.21. The second kappa shape index (κ2) is 4.89. The Labute approximate surface area is 100 Å². The molecule has 3 heteroatoms. The predicted molar refractivity (Wildman–Crippen MR) is 66.7 cm³/mol. The van der Waals surface area contributed by atoms with Crippen LogP contribution in [0.1, 0.15) is 27.7 Å². The van der Waals surface area contributed by atoms with Crippen molar-refractivity contribution in [1.29, 1.82) is 0 Å². The standard InChI is InChI=1S/C14H14N2O/c1-10-7-8-12(9-16-10)14(17)13(15)11-5-3-2-4-6-11/h2-9,13H,15H2,1H3. The van der Waals surface area contributed by atoms with Crippen LogP contribution in [0.15, 0.2) is 48.7 Å². The van der Waals surface area contributed by atoms with E-state index in [4.69, 9.17) is 5.73 Å². The Kier molecular flexibility index (Phi) is 3.30.